The van der Waals surface area contributed by atoms with Gasteiger partial charge in [-0.05, 0) is 53.2 Å². The van der Waals surface area contributed by atoms with Crippen molar-refractivity contribution < 1.29 is 0 Å². The molecular formula is C13H11BrN2S. The average molecular weight is 307 g/mol. The highest BCUT2D eigenvalue weighted by atomic mass is 79.9. The van der Waals surface area contributed by atoms with E-state index in [-0.39, 0.29) is 6.04 Å². The Morgan fingerprint density at radius 3 is 2.59 bits per heavy atom. The molecule has 86 valence electrons. The van der Waals surface area contributed by atoms with E-state index in [0.29, 0.717) is 5.56 Å². The Labute approximate surface area is 113 Å². The summed E-state index contributed by atoms with van der Waals surface area (Å²) in [4.78, 5) is 1.28. The number of nitrogens with zero attached hydrogens (tertiary/aromatic N) is 1. The minimum Gasteiger partial charge on any atom is -0.378 e. The van der Waals surface area contributed by atoms with Crippen LogP contribution < -0.4 is 5.32 Å². The van der Waals surface area contributed by atoms with Gasteiger partial charge in [0.2, 0.25) is 0 Å². The van der Waals surface area contributed by atoms with Crippen molar-refractivity contribution in [3.05, 3.63) is 50.6 Å². The normalized spacial score (nSPS) is 11.8. The summed E-state index contributed by atoms with van der Waals surface area (Å²) in [6.07, 6.45) is 0. The van der Waals surface area contributed by atoms with E-state index in [2.05, 4.69) is 45.7 Å². The van der Waals surface area contributed by atoms with Gasteiger partial charge in [0.15, 0.2) is 0 Å². The number of nitrogens with one attached hydrogen (secondary N) is 1. The molecule has 1 aromatic carbocycles. The molecule has 0 radical (unpaired) electrons. The van der Waals surface area contributed by atoms with Crippen LogP contribution in [-0.4, -0.2) is 0 Å². The second-order valence-electron chi connectivity index (χ2n) is 3.72. The molecule has 0 aliphatic rings. The first-order chi connectivity index (χ1) is 8.19. The van der Waals surface area contributed by atoms with E-state index in [1.54, 1.807) is 11.3 Å². The molecule has 0 bridgehead atoms. The molecule has 2 aromatic rings. The molecule has 1 aromatic heterocycles. The van der Waals surface area contributed by atoms with E-state index in [0.717, 1.165) is 10.2 Å². The van der Waals surface area contributed by atoms with Crippen molar-refractivity contribution in [1.29, 1.82) is 5.26 Å². The lowest BCUT2D eigenvalue weighted by molar-refractivity contribution is 0.907. The highest BCUT2D eigenvalue weighted by Gasteiger charge is 2.07. The zero-order valence-corrected chi connectivity index (χ0v) is 11.7. The third-order valence-electron chi connectivity index (χ3n) is 2.41. The summed E-state index contributed by atoms with van der Waals surface area (Å²) < 4.78 is 1.12. The van der Waals surface area contributed by atoms with Gasteiger partial charge in [0.05, 0.1) is 17.7 Å². The maximum Gasteiger partial charge on any atom is 0.0991 e. The average Bonchev–Trinajstić information content (AvgIpc) is 2.77. The van der Waals surface area contributed by atoms with Gasteiger partial charge in [-0.2, -0.15) is 5.26 Å². The van der Waals surface area contributed by atoms with Crippen molar-refractivity contribution in [3.8, 4) is 6.07 Å². The topological polar surface area (TPSA) is 35.8 Å². The molecule has 2 nitrogen and oxygen atoms in total. The van der Waals surface area contributed by atoms with Crippen LogP contribution in [0.3, 0.4) is 0 Å². The van der Waals surface area contributed by atoms with Crippen molar-refractivity contribution >= 4 is 33.0 Å². The molecule has 1 unspecified atom stereocenters. The first kappa shape index (κ1) is 12.2. The smallest absolute Gasteiger partial charge is 0.0991 e. The van der Waals surface area contributed by atoms with Crippen LogP contribution in [0.4, 0.5) is 5.69 Å². The number of hydrogen-bond acceptors (Lipinski definition) is 3. The van der Waals surface area contributed by atoms with E-state index in [1.807, 2.05) is 24.3 Å². The van der Waals surface area contributed by atoms with E-state index in [4.69, 9.17) is 5.26 Å². The summed E-state index contributed by atoms with van der Waals surface area (Å²) in [6, 6.07) is 12.0. The lowest BCUT2D eigenvalue weighted by Crippen LogP contribution is -2.04. The SMILES string of the molecule is CC(Nc1ccc(C#N)cc1)c1cc(Br)cs1. The van der Waals surface area contributed by atoms with Crippen LogP contribution in [0.15, 0.2) is 40.2 Å². The Kier molecular flexibility index (Phi) is 3.82. The van der Waals surface area contributed by atoms with E-state index < -0.39 is 0 Å². The highest BCUT2D eigenvalue weighted by molar-refractivity contribution is 9.10. The Bertz CT molecular complexity index is 539. The number of anilines is 1. The van der Waals surface area contributed by atoms with Gasteiger partial charge in [-0.1, -0.05) is 0 Å². The lowest BCUT2D eigenvalue weighted by atomic mass is 10.2. The standard InChI is InChI=1S/C13H11BrN2S/c1-9(13-6-11(14)8-17-13)16-12-4-2-10(7-15)3-5-12/h2-6,8-9,16H,1H3. The second kappa shape index (κ2) is 5.35. The zero-order valence-electron chi connectivity index (χ0n) is 9.27. The van der Waals surface area contributed by atoms with Crippen molar-refractivity contribution in [3.63, 3.8) is 0 Å². The molecule has 0 saturated carbocycles. The van der Waals surface area contributed by atoms with Crippen molar-refractivity contribution in [2.24, 2.45) is 0 Å². The van der Waals surface area contributed by atoms with Crippen LogP contribution in [0, 0.1) is 11.3 Å². The molecule has 0 aliphatic heterocycles. The second-order valence-corrected chi connectivity index (χ2v) is 5.58. The summed E-state index contributed by atoms with van der Waals surface area (Å²) in [5.41, 5.74) is 1.71. The van der Waals surface area contributed by atoms with Gasteiger partial charge in [0.25, 0.3) is 0 Å². The fourth-order valence-electron chi connectivity index (χ4n) is 1.52. The minimum atomic E-state index is 0.263. The fourth-order valence-corrected chi connectivity index (χ4v) is 2.97. The van der Waals surface area contributed by atoms with E-state index in [9.17, 15) is 0 Å². The molecular weight excluding hydrogens is 296 g/mol. The monoisotopic (exact) mass is 306 g/mol. The molecule has 4 heteroatoms. The molecule has 1 atom stereocenters. The van der Waals surface area contributed by atoms with E-state index >= 15 is 0 Å². The van der Waals surface area contributed by atoms with E-state index in [1.165, 1.54) is 4.88 Å². The third kappa shape index (κ3) is 3.09. The molecule has 1 N–H and O–H groups in total. The van der Waals surface area contributed by atoms with Gasteiger partial charge in [-0.3, -0.25) is 0 Å². The van der Waals surface area contributed by atoms with Crippen molar-refractivity contribution in [2.75, 3.05) is 5.32 Å². The molecule has 0 fully saturated rings. The van der Waals surface area contributed by atoms with Gasteiger partial charge in [0.1, 0.15) is 0 Å². The molecule has 0 spiro atoms. The van der Waals surface area contributed by atoms with Gasteiger partial charge in [-0.25, -0.2) is 0 Å². The van der Waals surface area contributed by atoms with Crippen LogP contribution in [0.2, 0.25) is 0 Å². The van der Waals surface area contributed by atoms with Gasteiger partial charge in [-0.15, -0.1) is 11.3 Å². The van der Waals surface area contributed by atoms with Gasteiger partial charge >= 0.3 is 0 Å². The lowest BCUT2D eigenvalue weighted by Gasteiger charge is -2.13. The van der Waals surface area contributed by atoms with Crippen molar-refractivity contribution in [2.45, 2.75) is 13.0 Å². The first-order valence-corrected chi connectivity index (χ1v) is 6.87. The predicted molar refractivity (Wildman–Crippen MR) is 75.2 cm³/mol. The molecule has 0 aliphatic carbocycles. The van der Waals surface area contributed by atoms with Crippen LogP contribution >= 0.6 is 27.3 Å². The predicted octanol–water partition coefficient (Wildman–Crippen LogP) is 4.56. The summed E-state index contributed by atoms with van der Waals surface area (Å²) in [6.45, 7) is 2.12. The van der Waals surface area contributed by atoms with Crippen molar-refractivity contribution in [1.82, 2.24) is 0 Å². The van der Waals surface area contributed by atoms with Crippen LogP contribution in [0.5, 0.6) is 0 Å². The number of benzene rings is 1. The highest BCUT2D eigenvalue weighted by Crippen LogP contribution is 2.27. The van der Waals surface area contributed by atoms with Crippen LogP contribution in [-0.2, 0) is 0 Å². The maximum atomic E-state index is 8.72. The number of nitriles is 1. The Balaban J connectivity index is 2.08. The zero-order chi connectivity index (χ0) is 12.3. The number of rotatable bonds is 3. The number of thiophene rings is 1. The number of hydrogen-bond donors (Lipinski definition) is 1. The minimum absolute atomic E-state index is 0.263. The van der Waals surface area contributed by atoms with Crippen LogP contribution in [0.25, 0.3) is 0 Å². The molecule has 0 amide bonds. The molecule has 1 heterocycles. The summed E-state index contributed by atoms with van der Waals surface area (Å²) >= 11 is 5.17. The summed E-state index contributed by atoms with van der Waals surface area (Å²) in [7, 11) is 0. The Morgan fingerprint density at radius 1 is 1.35 bits per heavy atom. The number of halogens is 1. The summed E-state index contributed by atoms with van der Waals surface area (Å²) in [5.74, 6) is 0. The molecule has 17 heavy (non-hydrogen) atoms. The summed E-state index contributed by atoms with van der Waals surface area (Å²) in [5, 5.41) is 14.2. The largest absolute Gasteiger partial charge is 0.378 e. The van der Waals surface area contributed by atoms with Crippen LogP contribution in [0.1, 0.15) is 23.4 Å². The maximum absolute atomic E-state index is 8.72. The Hall–Kier alpha value is -1.31. The Morgan fingerprint density at radius 2 is 2.06 bits per heavy atom. The molecule has 2 rings (SSSR count). The quantitative estimate of drug-likeness (QED) is 0.902. The fraction of sp³-hybridized carbons (Fsp3) is 0.154. The van der Waals surface area contributed by atoms with Gasteiger partial charge in [0, 0.05) is 20.4 Å². The first-order valence-electron chi connectivity index (χ1n) is 5.19. The molecule has 0 saturated heterocycles. The third-order valence-corrected chi connectivity index (χ3v) is 4.29. The van der Waals surface area contributed by atoms with Gasteiger partial charge < -0.3 is 5.32 Å².